The fraction of sp³-hybridized carbons (Fsp3) is 0. The Balaban J connectivity index is 1.18. The Hall–Kier alpha value is -6.78. The van der Waals surface area contributed by atoms with Gasteiger partial charge in [0.1, 0.15) is 11.2 Å². The second kappa shape index (κ2) is 12.7. The number of para-hydroxylation sites is 1. The van der Waals surface area contributed by atoms with E-state index in [1.54, 1.807) is 0 Å². The lowest BCUT2D eigenvalue weighted by atomic mass is 10.0. The average molecular weight is 642 g/mol. The quantitative estimate of drug-likeness (QED) is 0.174. The smallest absolute Gasteiger partial charge is 0.161 e. The maximum Gasteiger partial charge on any atom is 0.161 e. The molecule has 9 rings (SSSR count). The minimum Gasteiger partial charge on any atom is -0.456 e. The summed E-state index contributed by atoms with van der Waals surface area (Å²) in [5, 5.41) is 2.01. The van der Waals surface area contributed by atoms with Crippen molar-refractivity contribution in [2.75, 3.05) is 4.90 Å². The monoisotopic (exact) mass is 641 g/mol. The molecule has 0 saturated carbocycles. The van der Waals surface area contributed by atoms with Crippen molar-refractivity contribution in [2.24, 2.45) is 0 Å². The zero-order valence-electron chi connectivity index (χ0n) is 27.1. The number of furan rings is 1. The van der Waals surface area contributed by atoms with E-state index in [2.05, 4.69) is 132 Å². The molecule has 236 valence electrons. The normalized spacial score (nSPS) is 11.2. The van der Waals surface area contributed by atoms with E-state index in [9.17, 15) is 0 Å². The Morgan fingerprint density at radius 3 is 1.52 bits per heavy atom. The van der Waals surface area contributed by atoms with Gasteiger partial charge in [0.05, 0.1) is 11.4 Å². The van der Waals surface area contributed by atoms with Crippen molar-refractivity contribution in [1.82, 2.24) is 9.97 Å². The topological polar surface area (TPSA) is 42.2 Å². The summed E-state index contributed by atoms with van der Waals surface area (Å²) in [4.78, 5) is 12.5. The van der Waals surface area contributed by atoms with E-state index in [0.29, 0.717) is 5.82 Å². The maximum absolute atomic E-state index is 6.60. The summed E-state index contributed by atoms with van der Waals surface area (Å²) in [6.45, 7) is 0. The molecule has 0 spiro atoms. The van der Waals surface area contributed by atoms with E-state index in [1.807, 2.05) is 60.7 Å². The van der Waals surface area contributed by atoms with E-state index in [-0.39, 0.29) is 0 Å². The Labute approximate surface area is 290 Å². The third-order valence-corrected chi connectivity index (χ3v) is 9.09. The van der Waals surface area contributed by atoms with Crippen molar-refractivity contribution in [2.45, 2.75) is 0 Å². The van der Waals surface area contributed by atoms with Crippen LogP contribution in [0.15, 0.2) is 192 Å². The third-order valence-electron chi connectivity index (χ3n) is 9.09. The molecule has 0 aliphatic rings. The van der Waals surface area contributed by atoms with Gasteiger partial charge in [-0.1, -0.05) is 133 Å². The molecule has 0 saturated heterocycles. The van der Waals surface area contributed by atoms with Gasteiger partial charge >= 0.3 is 0 Å². The van der Waals surface area contributed by atoms with Crippen LogP contribution in [0.3, 0.4) is 0 Å². The number of rotatable bonds is 7. The molecule has 4 heteroatoms. The number of nitrogens with zero attached hydrogens (tertiary/aromatic N) is 3. The van der Waals surface area contributed by atoms with Gasteiger partial charge in [0.15, 0.2) is 5.82 Å². The molecule has 0 N–H and O–H groups in total. The van der Waals surface area contributed by atoms with Gasteiger partial charge in [-0.05, 0) is 59.7 Å². The van der Waals surface area contributed by atoms with Crippen LogP contribution in [0.4, 0.5) is 17.1 Å². The summed E-state index contributed by atoms with van der Waals surface area (Å²) in [6.07, 6.45) is 0. The van der Waals surface area contributed by atoms with Gasteiger partial charge in [-0.3, -0.25) is 0 Å². The highest BCUT2D eigenvalue weighted by molar-refractivity contribution is 6.12. The fourth-order valence-corrected chi connectivity index (χ4v) is 6.68. The lowest BCUT2D eigenvalue weighted by Gasteiger charge is -2.25. The van der Waals surface area contributed by atoms with Crippen LogP contribution in [0.5, 0.6) is 0 Å². The SMILES string of the molecule is c1ccc(-c2ccc(N(c3ccccc3)c3ccc4c(c3)oc3cccc(-c5nc(-c6ccccc6)cc(-c6ccccc6)n5)c34)cc2)cc1. The van der Waals surface area contributed by atoms with Gasteiger partial charge in [-0.2, -0.15) is 0 Å². The van der Waals surface area contributed by atoms with Crippen molar-refractivity contribution < 1.29 is 4.42 Å². The van der Waals surface area contributed by atoms with Crippen LogP contribution in [-0.2, 0) is 0 Å². The number of aromatic nitrogens is 2. The Morgan fingerprint density at radius 2 is 0.900 bits per heavy atom. The van der Waals surface area contributed by atoms with Gasteiger partial charge < -0.3 is 9.32 Å². The van der Waals surface area contributed by atoms with Crippen LogP contribution in [0.2, 0.25) is 0 Å². The Bertz CT molecular complexity index is 2510. The zero-order chi connectivity index (χ0) is 33.3. The molecule has 0 atom stereocenters. The Kier molecular flexibility index (Phi) is 7.45. The molecule has 0 unspecified atom stereocenters. The lowest BCUT2D eigenvalue weighted by molar-refractivity contribution is 0.669. The van der Waals surface area contributed by atoms with Crippen LogP contribution in [-0.4, -0.2) is 9.97 Å². The highest BCUT2D eigenvalue weighted by Gasteiger charge is 2.19. The van der Waals surface area contributed by atoms with Crippen LogP contribution < -0.4 is 4.90 Å². The second-order valence-corrected chi connectivity index (χ2v) is 12.2. The van der Waals surface area contributed by atoms with Gasteiger partial charge in [-0.25, -0.2) is 9.97 Å². The van der Waals surface area contributed by atoms with Gasteiger partial charge in [0.2, 0.25) is 0 Å². The first-order chi connectivity index (χ1) is 24.8. The minimum absolute atomic E-state index is 0.659. The van der Waals surface area contributed by atoms with E-state index in [1.165, 1.54) is 11.1 Å². The molecule has 0 radical (unpaired) electrons. The van der Waals surface area contributed by atoms with Crippen molar-refractivity contribution in [3.63, 3.8) is 0 Å². The highest BCUT2D eigenvalue weighted by Crippen LogP contribution is 2.41. The first-order valence-electron chi connectivity index (χ1n) is 16.7. The first kappa shape index (κ1) is 29.4. The molecule has 7 aromatic carbocycles. The van der Waals surface area contributed by atoms with Crippen LogP contribution in [0, 0.1) is 0 Å². The molecule has 4 nitrogen and oxygen atoms in total. The molecular weight excluding hydrogens is 611 g/mol. The minimum atomic E-state index is 0.659. The molecule has 0 fully saturated rings. The summed E-state index contributed by atoms with van der Waals surface area (Å²) in [7, 11) is 0. The van der Waals surface area contributed by atoms with Crippen molar-refractivity contribution in [3.05, 3.63) is 188 Å². The molecule has 2 heterocycles. The molecule has 2 aromatic heterocycles. The number of hydrogen-bond donors (Lipinski definition) is 0. The van der Waals surface area contributed by atoms with Gasteiger partial charge in [0, 0.05) is 50.6 Å². The fourth-order valence-electron chi connectivity index (χ4n) is 6.68. The van der Waals surface area contributed by atoms with E-state index in [4.69, 9.17) is 14.4 Å². The number of fused-ring (bicyclic) bond motifs is 3. The summed E-state index contributed by atoms with van der Waals surface area (Å²) in [5.41, 5.74) is 11.9. The van der Waals surface area contributed by atoms with E-state index >= 15 is 0 Å². The van der Waals surface area contributed by atoms with Crippen LogP contribution >= 0.6 is 0 Å². The number of hydrogen-bond acceptors (Lipinski definition) is 4. The molecule has 0 aliphatic heterocycles. The van der Waals surface area contributed by atoms with Crippen molar-refractivity contribution in [1.29, 1.82) is 0 Å². The third kappa shape index (κ3) is 5.49. The second-order valence-electron chi connectivity index (χ2n) is 12.2. The molecule has 50 heavy (non-hydrogen) atoms. The zero-order valence-corrected chi connectivity index (χ0v) is 27.1. The standard InChI is InChI=1S/C46H31N3O/c1-5-14-32(15-6-1)33-24-26-37(27-25-33)49(36-20-11-4-12-21-36)38-28-29-39-44(30-38)50-43-23-13-22-40(45(39)43)46-47-41(34-16-7-2-8-17-34)31-42(48-46)35-18-9-3-10-19-35/h1-31H. The first-order valence-corrected chi connectivity index (χ1v) is 16.7. The Morgan fingerprint density at radius 1 is 0.380 bits per heavy atom. The predicted octanol–water partition coefficient (Wildman–Crippen LogP) is 12.5. The predicted molar refractivity (Wildman–Crippen MR) is 206 cm³/mol. The molecule has 0 aliphatic carbocycles. The van der Waals surface area contributed by atoms with Crippen LogP contribution in [0.25, 0.3) is 67.0 Å². The number of anilines is 3. The molecule has 9 aromatic rings. The summed E-state index contributed by atoms with van der Waals surface area (Å²) in [5.74, 6) is 0.659. The maximum atomic E-state index is 6.60. The van der Waals surface area contributed by atoms with E-state index < -0.39 is 0 Å². The van der Waals surface area contributed by atoms with E-state index in [0.717, 1.165) is 67.1 Å². The van der Waals surface area contributed by atoms with Gasteiger partial charge in [-0.15, -0.1) is 0 Å². The van der Waals surface area contributed by atoms with Crippen molar-refractivity contribution in [3.8, 4) is 45.0 Å². The molecule has 0 amide bonds. The largest absolute Gasteiger partial charge is 0.456 e. The molecule has 0 bridgehead atoms. The lowest BCUT2D eigenvalue weighted by Crippen LogP contribution is -2.09. The summed E-state index contributed by atoms with van der Waals surface area (Å²) >= 11 is 0. The number of benzene rings is 7. The van der Waals surface area contributed by atoms with Crippen LogP contribution in [0.1, 0.15) is 0 Å². The average Bonchev–Trinajstić information content (AvgIpc) is 3.58. The summed E-state index contributed by atoms with van der Waals surface area (Å²) in [6, 6.07) is 64.8. The van der Waals surface area contributed by atoms with Crippen molar-refractivity contribution >= 4 is 39.0 Å². The molecular formula is C46H31N3O. The highest BCUT2D eigenvalue weighted by atomic mass is 16.3. The van der Waals surface area contributed by atoms with Gasteiger partial charge in [0.25, 0.3) is 0 Å². The summed E-state index contributed by atoms with van der Waals surface area (Å²) < 4.78 is 6.60.